The molecule has 1 unspecified atom stereocenters. The Labute approximate surface area is 146 Å². The number of carbonyl (C=O) groups excluding carboxylic acids is 2. The summed E-state index contributed by atoms with van der Waals surface area (Å²) in [7, 11) is 0. The lowest BCUT2D eigenvalue weighted by Crippen LogP contribution is -2.41. The summed E-state index contributed by atoms with van der Waals surface area (Å²) in [5, 5.41) is 2.81. The molecule has 1 aliphatic heterocycles. The van der Waals surface area contributed by atoms with Gasteiger partial charge in [-0.15, -0.1) is 11.8 Å². The molecule has 0 fully saturated rings. The van der Waals surface area contributed by atoms with Crippen molar-refractivity contribution in [2.45, 2.75) is 31.3 Å². The molecule has 5 nitrogen and oxygen atoms in total. The second-order valence-corrected chi connectivity index (χ2v) is 6.87. The minimum Gasteiger partial charge on any atom is -0.348 e. The third-order valence-electron chi connectivity index (χ3n) is 4.21. The van der Waals surface area contributed by atoms with Crippen LogP contribution in [0.25, 0.3) is 0 Å². The molecule has 1 N–H and O–H groups in total. The van der Waals surface area contributed by atoms with Gasteiger partial charge >= 0.3 is 0 Å². The summed E-state index contributed by atoms with van der Waals surface area (Å²) in [4.78, 5) is 26.8. The molecule has 0 saturated heterocycles. The fourth-order valence-electron chi connectivity index (χ4n) is 3.03. The zero-order valence-corrected chi connectivity index (χ0v) is 14.7. The molecule has 0 aliphatic carbocycles. The topological polar surface area (TPSA) is 54.3 Å². The largest absolute Gasteiger partial charge is 0.348 e. The van der Waals surface area contributed by atoms with Gasteiger partial charge in [-0.25, -0.2) is 0 Å². The van der Waals surface area contributed by atoms with Crippen molar-refractivity contribution < 1.29 is 9.59 Å². The Morgan fingerprint density at radius 3 is 2.79 bits per heavy atom. The van der Waals surface area contributed by atoms with Gasteiger partial charge in [0.15, 0.2) is 0 Å². The van der Waals surface area contributed by atoms with E-state index in [9.17, 15) is 9.59 Å². The number of hydrogen-bond donors (Lipinski definition) is 1. The molecular formula is C18H21N3O2S. The van der Waals surface area contributed by atoms with E-state index in [2.05, 4.69) is 29.1 Å². The number of nitrogens with one attached hydrogen (secondary N) is 1. The highest BCUT2D eigenvalue weighted by Gasteiger charge is 2.27. The SMILES string of the molecule is CC(=O)Nc1ccccc1SCC(=O)N1CCn2cccc2C1C. The fraction of sp³-hybridized carbons (Fsp3) is 0.333. The van der Waals surface area contributed by atoms with Crippen LogP contribution in [0.2, 0.25) is 0 Å². The van der Waals surface area contributed by atoms with E-state index in [0.29, 0.717) is 5.75 Å². The normalized spacial score (nSPS) is 16.6. The van der Waals surface area contributed by atoms with Crippen LogP contribution in [-0.4, -0.2) is 33.6 Å². The van der Waals surface area contributed by atoms with E-state index in [0.717, 1.165) is 23.7 Å². The Morgan fingerprint density at radius 1 is 1.21 bits per heavy atom. The Kier molecular flexibility index (Phi) is 4.94. The molecule has 0 radical (unpaired) electrons. The van der Waals surface area contributed by atoms with Gasteiger partial charge in [-0.05, 0) is 31.2 Å². The summed E-state index contributed by atoms with van der Waals surface area (Å²) in [6, 6.07) is 11.7. The lowest BCUT2D eigenvalue weighted by atomic mass is 10.1. The van der Waals surface area contributed by atoms with E-state index in [-0.39, 0.29) is 17.9 Å². The summed E-state index contributed by atoms with van der Waals surface area (Å²) in [5.41, 5.74) is 1.93. The maximum Gasteiger partial charge on any atom is 0.233 e. The monoisotopic (exact) mass is 343 g/mol. The third-order valence-corrected chi connectivity index (χ3v) is 5.27. The molecule has 0 bridgehead atoms. The van der Waals surface area contributed by atoms with Crippen LogP contribution in [0.4, 0.5) is 5.69 Å². The smallest absolute Gasteiger partial charge is 0.233 e. The van der Waals surface area contributed by atoms with Crippen molar-refractivity contribution in [2.75, 3.05) is 17.6 Å². The number of fused-ring (bicyclic) bond motifs is 1. The Morgan fingerprint density at radius 2 is 2.00 bits per heavy atom. The second-order valence-electron chi connectivity index (χ2n) is 5.86. The van der Waals surface area contributed by atoms with Gasteiger partial charge in [0, 0.05) is 36.8 Å². The fourth-order valence-corrected chi connectivity index (χ4v) is 3.92. The Hall–Kier alpha value is -2.21. The van der Waals surface area contributed by atoms with E-state index < -0.39 is 0 Å². The Balaban J connectivity index is 1.65. The standard InChI is InChI=1S/C18H21N3O2S/c1-13-16-7-5-9-20(16)10-11-21(13)18(23)12-24-17-8-4-3-6-15(17)19-14(2)22/h3-9,13H,10-12H2,1-2H3,(H,19,22). The van der Waals surface area contributed by atoms with Gasteiger partial charge in [-0.1, -0.05) is 12.1 Å². The number of benzene rings is 1. The van der Waals surface area contributed by atoms with E-state index in [1.807, 2.05) is 35.2 Å². The highest BCUT2D eigenvalue weighted by atomic mass is 32.2. The van der Waals surface area contributed by atoms with Crippen molar-refractivity contribution >= 4 is 29.3 Å². The molecule has 1 aliphatic rings. The minimum absolute atomic E-state index is 0.0902. The van der Waals surface area contributed by atoms with Crippen molar-refractivity contribution in [3.05, 3.63) is 48.3 Å². The number of para-hydroxylation sites is 1. The molecule has 24 heavy (non-hydrogen) atoms. The van der Waals surface area contributed by atoms with E-state index in [1.54, 1.807) is 0 Å². The first kappa shape index (κ1) is 16.6. The quantitative estimate of drug-likeness (QED) is 0.868. The van der Waals surface area contributed by atoms with Crippen molar-refractivity contribution in [2.24, 2.45) is 0 Å². The molecule has 3 rings (SSSR count). The van der Waals surface area contributed by atoms with Crippen molar-refractivity contribution in [3.63, 3.8) is 0 Å². The lowest BCUT2D eigenvalue weighted by Gasteiger charge is -2.35. The summed E-state index contributed by atoms with van der Waals surface area (Å²) >= 11 is 1.46. The number of nitrogens with zero attached hydrogens (tertiary/aromatic N) is 2. The first-order chi connectivity index (χ1) is 11.6. The molecule has 126 valence electrons. The van der Waals surface area contributed by atoms with Gasteiger partial charge < -0.3 is 14.8 Å². The number of anilines is 1. The second kappa shape index (κ2) is 7.13. The summed E-state index contributed by atoms with van der Waals surface area (Å²) in [5.74, 6) is 0.374. The van der Waals surface area contributed by atoms with Crippen LogP contribution >= 0.6 is 11.8 Å². The van der Waals surface area contributed by atoms with E-state index >= 15 is 0 Å². The highest BCUT2D eigenvalue weighted by molar-refractivity contribution is 8.00. The zero-order chi connectivity index (χ0) is 17.1. The zero-order valence-electron chi connectivity index (χ0n) is 13.9. The maximum atomic E-state index is 12.7. The van der Waals surface area contributed by atoms with E-state index in [1.165, 1.54) is 24.4 Å². The summed E-state index contributed by atoms with van der Waals surface area (Å²) in [6.07, 6.45) is 2.06. The molecule has 0 saturated carbocycles. The predicted octanol–water partition coefficient (Wildman–Crippen LogP) is 3.14. The van der Waals surface area contributed by atoms with Crippen LogP contribution in [0, 0.1) is 0 Å². The average Bonchev–Trinajstić information content (AvgIpc) is 3.03. The third kappa shape index (κ3) is 3.48. The molecular weight excluding hydrogens is 322 g/mol. The van der Waals surface area contributed by atoms with Crippen molar-refractivity contribution in [3.8, 4) is 0 Å². The van der Waals surface area contributed by atoms with Crippen molar-refractivity contribution in [1.29, 1.82) is 0 Å². The molecule has 2 aromatic rings. The van der Waals surface area contributed by atoms with Gasteiger partial charge in [-0.3, -0.25) is 9.59 Å². The van der Waals surface area contributed by atoms with Gasteiger partial charge in [0.2, 0.25) is 11.8 Å². The van der Waals surface area contributed by atoms with Crippen molar-refractivity contribution in [1.82, 2.24) is 9.47 Å². The maximum absolute atomic E-state index is 12.7. The number of rotatable bonds is 4. The van der Waals surface area contributed by atoms with Gasteiger partial charge in [0.1, 0.15) is 0 Å². The molecule has 6 heteroatoms. The first-order valence-electron chi connectivity index (χ1n) is 8.00. The van der Waals surface area contributed by atoms with Gasteiger partial charge in [0.25, 0.3) is 0 Å². The number of carbonyl (C=O) groups is 2. The van der Waals surface area contributed by atoms with Crippen LogP contribution in [0.15, 0.2) is 47.5 Å². The summed E-state index contributed by atoms with van der Waals surface area (Å²) in [6.45, 7) is 5.12. The van der Waals surface area contributed by atoms with Crippen LogP contribution in [0.5, 0.6) is 0 Å². The van der Waals surface area contributed by atoms with Crippen LogP contribution in [0.1, 0.15) is 25.6 Å². The number of amides is 2. The van der Waals surface area contributed by atoms with Crippen LogP contribution in [0.3, 0.4) is 0 Å². The molecule has 1 aromatic heterocycles. The van der Waals surface area contributed by atoms with Gasteiger partial charge in [0.05, 0.1) is 17.5 Å². The first-order valence-corrected chi connectivity index (χ1v) is 8.98. The number of hydrogen-bond acceptors (Lipinski definition) is 3. The number of aromatic nitrogens is 1. The lowest BCUT2D eigenvalue weighted by molar-refractivity contribution is -0.131. The minimum atomic E-state index is -0.111. The molecule has 0 spiro atoms. The van der Waals surface area contributed by atoms with E-state index in [4.69, 9.17) is 0 Å². The van der Waals surface area contributed by atoms with Gasteiger partial charge in [-0.2, -0.15) is 0 Å². The average molecular weight is 343 g/mol. The molecule has 1 atom stereocenters. The molecule has 2 heterocycles. The highest BCUT2D eigenvalue weighted by Crippen LogP contribution is 2.30. The predicted molar refractivity (Wildman–Crippen MR) is 96.0 cm³/mol. The molecule has 2 amide bonds. The summed E-state index contributed by atoms with van der Waals surface area (Å²) < 4.78 is 2.20. The van der Waals surface area contributed by atoms with Crippen LogP contribution in [-0.2, 0) is 16.1 Å². The number of thioether (sulfide) groups is 1. The molecule has 1 aromatic carbocycles. The Bertz CT molecular complexity index is 756. The van der Waals surface area contributed by atoms with Crippen LogP contribution < -0.4 is 5.32 Å².